The summed E-state index contributed by atoms with van der Waals surface area (Å²) in [6.45, 7) is 4.37. The number of hydrogen-bond donors (Lipinski definition) is 1. The smallest absolute Gasteiger partial charge is 0.379 e. The summed E-state index contributed by atoms with van der Waals surface area (Å²) in [7, 11) is 0. The molecular weight excluding hydrogens is 452 g/mol. The Labute approximate surface area is 194 Å². The first-order chi connectivity index (χ1) is 16.3. The van der Waals surface area contributed by atoms with Gasteiger partial charge in [0.25, 0.3) is 5.91 Å². The third kappa shape index (κ3) is 5.13. The molecule has 180 valence electrons. The molecule has 0 saturated carbocycles. The zero-order valence-electron chi connectivity index (χ0n) is 18.5. The largest absolute Gasteiger partial charge is 0.434 e. The highest BCUT2D eigenvalue weighted by Crippen LogP contribution is 2.34. The number of benzene rings is 2. The quantitative estimate of drug-likeness (QED) is 0.544. The van der Waals surface area contributed by atoms with Gasteiger partial charge >= 0.3 is 6.18 Å². The van der Waals surface area contributed by atoms with Crippen molar-refractivity contribution in [2.24, 2.45) is 0 Å². The zero-order valence-corrected chi connectivity index (χ0v) is 18.5. The monoisotopic (exact) mass is 476 g/mol. The second kappa shape index (κ2) is 9.94. The number of aryl methyl sites for hydroxylation is 1. The van der Waals surface area contributed by atoms with E-state index in [1.807, 2.05) is 31.2 Å². The fourth-order valence-corrected chi connectivity index (χ4v) is 4.10. The van der Waals surface area contributed by atoms with E-state index in [1.54, 1.807) is 0 Å². The number of carbonyl (C=O) groups is 1. The van der Waals surface area contributed by atoms with E-state index >= 15 is 0 Å². The van der Waals surface area contributed by atoms with Crippen LogP contribution in [0.2, 0.25) is 0 Å². The molecule has 0 aliphatic carbocycles. The van der Waals surface area contributed by atoms with Gasteiger partial charge in [-0.25, -0.2) is 9.07 Å². The molecule has 1 amide bonds. The van der Waals surface area contributed by atoms with Crippen LogP contribution in [0, 0.1) is 12.7 Å². The first-order valence-corrected chi connectivity index (χ1v) is 10.8. The summed E-state index contributed by atoms with van der Waals surface area (Å²) in [6, 6.07) is 12.5. The molecule has 1 aromatic heterocycles. The number of nitrogens with zero attached hydrogens (tertiary/aromatic N) is 3. The lowest BCUT2D eigenvalue weighted by atomic mass is 10.0. The number of alkyl halides is 3. The van der Waals surface area contributed by atoms with Gasteiger partial charge in [0.15, 0.2) is 5.69 Å². The van der Waals surface area contributed by atoms with Gasteiger partial charge in [-0.3, -0.25) is 9.69 Å². The minimum absolute atomic E-state index is 0.0878. The Balaban J connectivity index is 1.62. The number of hydrogen-bond acceptors (Lipinski definition) is 4. The molecule has 3 aromatic rings. The zero-order chi connectivity index (χ0) is 24.3. The van der Waals surface area contributed by atoms with Crippen molar-refractivity contribution in [3.8, 4) is 5.69 Å². The van der Waals surface area contributed by atoms with Crippen LogP contribution < -0.4 is 5.32 Å². The summed E-state index contributed by atoms with van der Waals surface area (Å²) >= 11 is 0. The lowest BCUT2D eigenvalue weighted by Gasteiger charge is -2.35. The molecule has 1 fully saturated rings. The Hall–Kier alpha value is -3.24. The van der Waals surface area contributed by atoms with Crippen molar-refractivity contribution in [3.63, 3.8) is 0 Å². The van der Waals surface area contributed by atoms with Crippen LogP contribution in [-0.4, -0.2) is 53.4 Å². The number of nitrogens with one attached hydrogen (secondary N) is 1. The Morgan fingerprint density at radius 1 is 1.15 bits per heavy atom. The van der Waals surface area contributed by atoms with E-state index < -0.39 is 29.2 Å². The van der Waals surface area contributed by atoms with Crippen molar-refractivity contribution >= 4 is 5.91 Å². The summed E-state index contributed by atoms with van der Waals surface area (Å²) in [6.07, 6.45) is -4.10. The number of carbonyl (C=O) groups excluding carboxylic acids is 1. The first-order valence-electron chi connectivity index (χ1n) is 10.8. The molecule has 34 heavy (non-hydrogen) atoms. The van der Waals surface area contributed by atoms with Gasteiger partial charge in [-0.1, -0.05) is 42.0 Å². The fraction of sp³-hybridized carbons (Fsp3) is 0.333. The van der Waals surface area contributed by atoms with Crippen molar-refractivity contribution < 1.29 is 27.1 Å². The minimum Gasteiger partial charge on any atom is -0.379 e. The fourth-order valence-electron chi connectivity index (χ4n) is 4.10. The third-order valence-electron chi connectivity index (χ3n) is 5.73. The Morgan fingerprint density at radius 2 is 1.88 bits per heavy atom. The highest BCUT2D eigenvalue weighted by Gasteiger charge is 2.41. The number of para-hydroxylation sites is 1. The standard InChI is InChI=1S/C24H24F4N4O2/c1-16-5-4-6-17(13-16)21(31-9-11-34-12-10-31)15-29-23(33)18-14-30-32(22(18)24(26,27)28)20-8-3-2-7-19(20)25/h2-8,13-14,21H,9-12,15H2,1H3,(H,29,33). The van der Waals surface area contributed by atoms with Gasteiger partial charge in [-0.15, -0.1) is 0 Å². The Bertz CT molecular complexity index is 1160. The van der Waals surface area contributed by atoms with Gasteiger partial charge in [0.05, 0.1) is 31.0 Å². The summed E-state index contributed by atoms with van der Waals surface area (Å²) < 4.78 is 61.8. The number of aromatic nitrogens is 2. The number of ether oxygens (including phenoxy) is 1. The van der Waals surface area contributed by atoms with Crippen molar-refractivity contribution in [2.45, 2.75) is 19.1 Å². The van der Waals surface area contributed by atoms with E-state index in [4.69, 9.17) is 4.74 Å². The highest BCUT2D eigenvalue weighted by atomic mass is 19.4. The van der Waals surface area contributed by atoms with E-state index in [1.165, 1.54) is 18.2 Å². The van der Waals surface area contributed by atoms with E-state index in [0.717, 1.165) is 23.4 Å². The molecule has 1 saturated heterocycles. The van der Waals surface area contributed by atoms with Crippen LogP contribution in [0.4, 0.5) is 17.6 Å². The van der Waals surface area contributed by atoms with Gasteiger partial charge in [0.2, 0.25) is 0 Å². The molecule has 1 N–H and O–H groups in total. The Morgan fingerprint density at radius 3 is 2.56 bits per heavy atom. The molecule has 1 unspecified atom stereocenters. The second-order valence-electron chi connectivity index (χ2n) is 8.06. The van der Waals surface area contributed by atoms with Gasteiger partial charge in [0, 0.05) is 19.6 Å². The molecule has 1 atom stereocenters. The van der Waals surface area contributed by atoms with Crippen LogP contribution in [0.3, 0.4) is 0 Å². The van der Waals surface area contributed by atoms with Gasteiger partial charge in [-0.05, 0) is 24.6 Å². The van der Waals surface area contributed by atoms with Crippen LogP contribution in [0.25, 0.3) is 5.69 Å². The molecule has 1 aliphatic rings. The van der Waals surface area contributed by atoms with Crippen molar-refractivity contribution in [3.05, 3.63) is 82.9 Å². The second-order valence-corrected chi connectivity index (χ2v) is 8.06. The van der Waals surface area contributed by atoms with Crippen LogP contribution in [-0.2, 0) is 10.9 Å². The summed E-state index contributed by atoms with van der Waals surface area (Å²) in [5.74, 6) is -1.81. The van der Waals surface area contributed by atoms with Crippen LogP contribution >= 0.6 is 0 Å². The number of amides is 1. The maximum atomic E-state index is 14.2. The predicted molar refractivity (Wildman–Crippen MR) is 117 cm³/mol. The Kier molecular flexibility index (Phi) is 6.99. The molecule has 2 aromatic carbocycles. The lowest BCUT2D eigenvalue weighted by molar-refractivity contribution is -0.143. The predicted octanol–water partition coefficient (Wildman–Crippen LogP) is 4.14. The average molecular weight is 476 g/mol. The molecule has 0 radical (unpaired) electrons. The van der Waals surface area contributed by atoms with Gasteiger partial charge < -0.3 is 10.1 Å². The minimum atomic E-state index is -4.92. The molecule has 0 bridgehead atoms. The topological polar surface area (TPSA) is 59.4 Å². The summed E-state index contributed by atoms with van der Waals surface area (Å²) in [4.78, 5) is 15.1. The third-order valence-corrected chi connectivity index (χ3v) is 5.73. The van der Waals surface area contributed by atoms with Crippen LogP contribution in [0.5, 0.6) is 0 Å². The molecule has 10 heteroatoms. The maximum Gasteiger partial charge on any atom is 0.434 e. The molecule has 6 nitrogen and oxygen atoms in total. The van der Waals surface area contributed by atoms with E-state index in [-0.39, 0.29) is 18.3 Å². The maximum absolute atomic E-state index is 14.2. The van der Waals surface area contributed by atoms with Crippen molar-refractivity contribution in [2.75, 3.05) is 32.8 Å². The van der Waals surface area contributed by atoms with Gasteiger partial charge in [-0.2, -0.15) is 18.3 Å². The SMILES string of the molecule is Cc1cccc(C(CNC(=O)c2cnn(-c3ccccc3F)c2C(F)(F)F)N2CCOCC2)c1. The molecule has 0 spiro atoms. The average Bonchev–Trinajstić information content (AvgIpc) is 3.26. The lowest BCUT2D eigenvalue weighted by Crippen LogP contribution is -2.44. The number of rotatable bonds is 6. The molecule has 2 heterocycles. The number of morpholine rings is 1. The van der Waals surface area contributed by atoms with E-state index in [2.05, 4.69) is 15.3 Å². The van der Waals surface area contributed by atoms with Crippen molar-refractivity contribution in [1.82, 2.24) is 20.0 Å². The van der Waals surface area contributed by atoms with Crippen molar-refractivity contribution in [1.29, 1.82) is 0 Å². The van der Waals surface area contributed by atoms with Crippen LogP contribution in [0.15, 0.2) is 54.7 Å². The molecular formula is C24H24F4N4O2. The molecule has 4 rings (SSSR count). The van der Waals surface area contributed by atoms with Gasteiger partial charge in [0.1, 0.15) is 11.5 Å². The molecule has 1 aliphatic heterocycles. The summed E-state index contributed by atoms with van der Waals surface area (Å²) in [5.41, 5.74) is -0.401. The normalized spacial score (nSPS) is 15.8. The number of halogens is 4. The highest BCUT2D eigenvalue weighted by molar-refractivity contribution is 5.95. The van der Waals surface area contributed by atoms with E-state index in [9.17, 15) is 22.4 Å². The van der Waals surface area contributed by atoms with Crippen LogP contribution in [0.1, 0.15) is 33.2 Å². The first kappa shape index (κ1) is 23.9. The summed E-state index contributed by atoms with van der Waals surface area (Å²) in [5, 5.41) is 6.33. The van der Waals surface area contributed by atoms with E-state index in [0.29, 0.717) is 31.0 Å².